The minimum Gasteiger partial charge on any atom is -0.369 e. The van der Waals surface area contributed by atoms with Crippen molar-refractivity contribution in [3.05, 3.63) is 0 Å². The maximum Gasteiger partial charge on any atom is 0.231 e. The second-order valence-corrected chi connectivity index (χ2v) is 4.00. The molecule has 4 heteroatoms. The van der Waals surface area contributed by atoms with Gasteiger partial charge in [-0.25, -0.2) is 0 Å². The average Bonchev–Trinajstić information content (AvgIpc) is 2.34. The first-order valence-electron chi connectivity index (χ1n) is 4.76. The van der Waals surface area contributed by atoms with E-state index in [0.717, 1.165) is 13.1 Å². The van der Waals surface area contributed by atoms with Crippen LogP contribution in [0.3, 0.4) is 0 Å². The molecule has 0 radical (unpaired) electrons. The first-order valence-corrected chi connectivity index (χ1v) is 4.76. The fourth-order valence-electron chi connectivity index (χ4n) is 1.93. The lowest BCUT2D eigenvalue weighted by atomic mass is 10.2. The molecule has 0 aromatic rings. The predicted molar refractivity (Wildman–Crippen MR) is 52.3 cm³/mol. The zero-order valence-corrected chi connectivity index (χ0v) is 8.49. The lowest BCUT2D eigenvalue weighted by Crippen LogP contribution is -2.41. The van der Waals surface area contributed by atoms with Crippen LogP contribution in [0.2, 0.25) is 0 Å². The summed E-state index contributed by atoms with van der Waals surface area (Å²) in [6, 6.07) is 0.516. The van der Waals surface area contributed by atoms with Crippen molar-refractivity contribution in [3.8, 4) is 0 Å². The van der Waals surface area contributed by atoms with Gasteiger partial charge in [0.25, 0.3) is 0 Å². The molecule has 1 aliphatic heterocycles. The number of hydrogen-bond acceptors (Lipinski definition) is 3. The highest BCUT2D eigenvalue weighted by atomic mass is 16.1. The Morgan fingerprint density at radius 2 is 2.31 bits per heavy atom. The van der Waals surface area contributed by atoms with Gasteiger partial charge < -0.3 is 10.6 Å². The average molecular weight is 185 g/mol. The van der Waals surface area contributed by atoms with Gasteiger partial charge in [0.05, 0.1) is 6.54 Å². The number of carbonyl (C=O) groups is 1. The van der Waals surface area contributed by atoms with Gasteiger partial charge in [0.15, 0.2) is 0 Å². The van der Waals surface area contributed by atoms with Gasteiger partial charge in [-0.2, -0.15) is 0 Å². The topological polar surface area (TPSA) is 49.6 Å². The standard InChI is InChI=1S/C9H19N3O/c1-11(2)6-8-4-3-5-12(8)7-9(10)13/h8H,3-7H2,1-2H3,(H2,10,13). The summed E-state index contributed by atoms with van der Waals surface area (Å²) in [6.45, 7) is 2.45. The molecule has 4 nitrogen and oxygen atoms in total. The predicted octanol–water partition coefficient (Wildman–Crippen LogP) is -0.502. The smallest absolute Gasteiger partial charge is 0.231 e. The molecule has 1 amide bonds. The maximum absolute atomic E-state index is 10.8. The number of rotatable bonds is 4. The largest absolute Gasteiger partial charge is 0.369 e. The van der Waals surface area contributed by atoms with E-state index >= 15 is 0 Å². The molecule has 1 saturated heterocycles. The molecule has 1 rings (SSSR count). The summed E-state index contributed by atoms with van der Waals surface area (Å²) in [4.78, 5) is 15.1. The van der Waals surface area contributed by atoms with E-state index in [1.165, 1.54) is 12.8 Å². The van der Waals surface area contributed by atoms with Gasteiger partial charge in [-0.1, -0.05) is 0 Å². The van der Waals surface area contributed by atoms with E-state index in [2.05, 4.69) is 23.9 Å². The number of carbonyl (C=O) groups excluding carboxylic acids is 1. The molecule has 0 aliphatic carbocycles. The Labute approximate surface area is 79.7 Å². The van der Waals surface area contributed by atoms with Crippen LogP contribution in [0, 0.1) is 0 Å². The number of likely N-dealkylation sites (N-methyl/N-ethyl adjacent to an activating group) is 1. The van der Waals surface area contributed by atoms with Gasteiger partial charge in [-0.05, 0) is 33.5 Å². The van der Waals surface area contributed by atoms with E-state index < -0.39 is 0 Å². The van der Waals surface area contributed by atoms with E-state index in [9.17, 15) is 4.79 Å². The van der Waals surface area contributed by atoms with Crippen LogP contribution in [0.4, 0.5) is 0 Å². The van der Waals surface area contributed by atoms with E-state index in [4.69, 9.17) is 5.73 Å². The van der Waals surface area contributed by atoms with Crippen molar-refractivity contribution in [3.63, 3.8) is 0 Å². The zero-order valence-electron chi connectivity index (χ0n) is 8.49. The number of hydrogen-bond donors (Lipinski definition) is 1. The van der Waals surface area contributed by atoms with Gasteiger partial charge in [0.2, 0.25) is 5.91 Å². The van der Waals surface area contributed by atoms with E-state index in [0.29, 0.717) is 12.6 Å². The summed E-state index contributed by atoms with van der Waals surface area (Å²) < 4.78 is 0. The molecule has 76 valence electrons. The zero-order chi connectivity index (χ0) is 9.84. The molecule has 1 aliphatic rings. The lowest BCUT2D eigenvalue weighted by molar-refractivity contribution is -0.119. The molecular weight excluding hydrogens is 166 g/mol. The van der Waals surface area contributed by atoms with Crippen LogP contribution in [0.25, 0.3) is 0 Å². The van der Waals surface area contributed by atoms with Crippen LogP contribution >= 0.6 is 0 Å². The molecule has 0 aromatic heterocycles. The fraction of sp³-hybridized carbons (Fsp3) is 0.889. The van der Waals surface area contributed by atoms with Crippen LogP contribution in [0.15, 0.2) is 0 Å². The van der Waals surface area contributed by atoms with E-state index in [-0.39, 0.29) is 5.91 Å². The summed E-state index contributed by atoms with van der Waals surface area (Å²) in [7, 11) is 4.11. The molecule has 1 heterocycles. The summed E-state index contributed by atoms with van der Waals surface area (Å²) in [5.41, 5.74) is 5.17. The van der Waals surface area contributed by atoms with Crippen LogP contribution < -0.4 is 5.73 Å². The Hall–Kier alpha value is -0.610. The molecule has 2 N–H and O–H groups in total. The second-order valence-electron chi connectivity index (χ2n) is 4.00. The maximum atomic E-state index is 10.8. The summed E-state index contributed by atoms with van der Waals surface area (Å²) in [5.74, 6) is -0.217. The molecule has 1 fully saturated rings. The number of nitrogens with zero attached hydrogens (tertiary/aromatic N) is 2. The monoisotopic (exact) mass is 185 g/mol. The minimum atomic E-state index is -0.217. The Bertz CT molecular complexity index is 182. The van der Waals surface area contributed by atoms with E-state index in [1.54, 1.807) is 0 Å². The van der Waals surface area contributed by atoms with Crippen molar-refractivity contribution in [2.75, 3.05) is 33.7 Å². The quantitative estimate of drug-likeness (QED) is 0.642. The number of amides is 1. The van der Waals surface area contributed by atoms with Crippen LogP contribution in [-0.4, -0.2) is 55.5 Å². The highest BCUT2D eigenvalue weighted by Gasteiger charge is 2.25. The van der Waals surface area contributed by atoms with Crippen LogP contribution in [0.5, 0.6) is 0 Å². The fourth-order valence-corrected chi connectivity index (χ4v) is 1.93. The van der Waals surface area contributed by atoms with Crippen molar-refractivity contribution >= 4 is 5.91 Å². The van der Waals surface area contributed by atoms with Gasteiger partial charge in [-0.3, -0.25) is 9.69 Å². The SMILES string of the molecule is CN(C)CC1CCCN1CC(N)=O. The van der Waals surface area contributed by atoms with Crippen molar-refractivity contribution in [2.24, 2.45) is 5.73 Å². The molecule has 0 bridgehead atoms. The summed E-state index contributed by atoms with van der Waals surface area (Å²) in [6.07, 6.45) is 2.37. The summed E-state index contributed by atoms with van der Waals surface area (Å²) in [5, 5.41) is 0. The summed E-state index contributed by atoms with van der Waals surface area (Å²) >= 11 is 0. The molecule has 0 saturated carbocycles. The first kappa shape index (κ1) is 10.5. The Morgan fingerprint density at radius 3 is 2.85 bits per heavy atom. The number of likely N-dealkylation sites (tertiary alicyclic amines) is 1. The van der Waals surface area contributed by atoms with Crippen LogP contribution in [0.1, 0.15) is 12.8 Å². The Morgan fingerprint density at radius 1 is 1.62 bits per heavy atom. The first-order chi connectivity index (χ1) is 6.09. The molecule has 13 heavy (non-hydrogen) atoms. The normalized spacial score (nSPS) is 24.1. The van der Waals surface area contributed by atoms with Crippen molar-refractivity contribution in [1.29, 1.82) is 0 Å². The van der Waals surface area contributed by atoms with Crippen molar-refractivity contribution in [1.82, 2.24) is 9.80 Å². The second kappa shape index (κ2) is 4.58. The molecule has 1 unspecified atom stereocenters. The van der Waals surface area contributed by atoms with Crippen molar-refractivity contribution in [2.45, 2.75) is 18.9 Å². The molecule has 0 aromatic carbocycles. The molecular formula is C9H19N3O. The molecule has 1 atom stereocenters. The number of primary amides is 1. The molecule has 0 spiro atoms. The minimum absolute atomic E-state index is 0.217. The van der Waals surface area contributed by atoms with Crippen LogP contribution in [-0.2, 0) is 4.79 Å². The third-order valence-corrected chi connectivity index (χ3v) is 2.43. The van der Waals surface area contributed by atoms with Gasteiger partial charge >= 0.3 is 0 Å². The highest BCUT2D eigenvalue weighted by Crippen LogP contribution is 2.16. The van der Waals surface area contributed by atoms with Gasteiger partial charge in [0, 0.05) is 12.6 Å². The van der Waals surface area contributed by atoms with Gasteiger partial charge in [-0.15, -0.1) is 0 Å². The van der Waals surface area contributed by atoms with E-state index in [1.807, 2.05) is 0 Å². The van der Waals surface area contributed by atoms with Crippen molar-refractivity contribution < 1.29 is 4.79 Å². The Kier molecular flexibility index (Phi) is 3.69. The number of nitrogens with two attached hydrogens (primary N) is 1. The Balaban J connectivity index is 2.39. The third-order valence-electron chi connectivity index (χ3n) is 2.43. The third kappa shape index (κ3) is 3.32. The lowest BCUT2D eigenvalue weighted by Gasteiger charge is -2.25. The highest BCUT2D eigenvalue weighted by molar-refractivity contribution is 5.76. The van der Waals surface area contributed by atoms with Gasteiger partial charge in [0.1, 0.15) is 0 Å².